The number of amides is 2. The largest absolute Gasteiger partial charge is 0.350 e. The maximum atomic E-state index is 12.8. The minimum atomic E-state index is -0.467. The number of carbonyl (C=O) groups is 2. The van der Waals surface area contributed by atoms with Gasteiger partial charge in [-0.1, -0.05) is 25.0 Å². The van der Waals surface area contributed by atoms with Crippen LogP contribution in [0.25, 0.3) is 0 Å². The fourth-order valence-electron chi connectivity index (χ4n) is 2.81. The van der Waals surface area contributed by atoms with Crippen molar-refractivity contribution in [3.8, 4) is 0 Å². The lowest BCUT2D eigenvalue weighted by molar-refractivity contribution is -0.129. The summed E-state index contributed by atoms with van der Waals surface area (Å²) in [6, 6.07) is 5.54. The average Bonchev–Trinajstić information content (AvgIpc) is 2.97. The van der Waals surface area contributed by atoms with Crippen molar-refractivity contribution in [2.24, 2.45) is 5.92 Å². The predicted molar refractivity (Wildman–Crippen MR) is 77.8 cm³/mol. The van der Waals surface area contributed by atoms with Crippen LogP contribution < -0.4 is 10.6 Å². The van der Waals surface area contributed by atoms with Gasteiger partial charge < -0.3 is 10.6 Å². The number of nitrogens with one attached hydrogen (secondary N) is 2. The van der Waals surface area contributed by atoms with Gasteiger partial charge in [0, 0.05) is 13.5 Å². The summed E-state index contributed by atoms with van der Waals surface area (Å²) in [6.07, 6.45) is 4.14. The van der Waals surface area contributed by atoms with Crippen molar-refractivity contribution in [2.45, 2.75) is 45.2 Å². The van der Waals surface area contributed by atoms with Gasteiger partial charge in [-0.05, 0) is 36.5 Å². The predicted octanol–water partition coefficient (Wildman–Crippen LogP) is 2.14. The summed E-state index contributed by atoms with van der Waals surface area (Å²) in [4.78, 5) is 23.6. The van der Waals surface area contributed by atoms with Crippen molar-refractivity contribution < 1.29 is 14.0 Å². The van der Waals surface area contributed by atoms with E-state index in [-0.39, 0.29) is 23.5 Å². The molecule has 4 nitrogen and oxygen atoms in total. The molecule has 2 rings (SSSR count). The van der Waals surface area contributed by atoms with Crippen molar-refractivity contribution >= 4 is 11.8 Å². The number of rotatable bonds is 5. The summed E-state index contributed by atoms with van der Waals surface area (Å²) < 4.78 is 12.8. The molecule has 0 saturated heterocycles. The quantitative estimate of drug-likeness (QED) is 0.873. The third-order valence-corrected chi connectivity index (χ3v) is 3.89. The summed E-state index contributed by atoms with van der Waals surface area (Å²) in [5, 5.41) is 5.58. The second kappa shape index (κ2) is 7.20. The molecular weight excluding hydrogens is 271 g/mol. The molecule has 0 aromatic heterocycles. The summed E-state index contributed by atoms with van der Waals surface area (Å²) in [6.45, 7) is 1.76. The molecule has 1 atom stereocenters. The van der Waals surface area contributed by atoms with Crippen LogP contribution in [-0.4, -0.2) is 17.9 Å². The maximum Gasteiger partial charge on any atom is 0.243 e. The molecule has 2 N–H and O–H groups in total. The molecule has 0 radical (unpaired) electrons. The Morgan fingerprint density at radius 3 is 2.43 bits per heavy atom. The lowest BCUT2D eigenvalue weighted by Crippen LogP contribution is -2.49. The van der Waals surface area contributed by atoms with Crippen LogP contribution >= 0.6 is 0 Å². The van der Waals surface area contributed by atoms with Gasteiger partial charge in [-0.3, -0.25) is 9.59 Å². The molecule has 1 aromatic carbocycles. The monoisotopic (exact) mass is 292 g/mol. The van der Waals surface area contributed by atoms with Crippen LogP contribution in [0.1, 0.15) is 38.2 Å². The Hall–Kier alpha value is -1.91. The Labute approximate surface area is 124 Å². The fraction of sp³-hybridized carbons (Fsp3) is 0.500. The van der Waals surface area contributed by atoms with Crippen molar-refractivity contribution in [1.29, 1.82) is 0 Å². The van der Waals surface area contributed by atoms with Gasteiger partial charge in [-0.25, -0.2) is 4.39 Å². The Balaban J connectivity index is 1.94. The van der Waals surface area contributed by atoms with Crippen LogP contribution in [0, 0.1) is 11.7 Å². The first kappa shape index (κ1) is 15.5. The lowest BCUT2D eigenvalue weighted by Gasteiger charge is -2.23. The van der Waals surface area contributed by atoms with Gasteiger partial charge in [-0.2, -0.15) is 0 Å². The third-order valence-electron chi connectivity index (χ3n) is 3.89. The van der Waals surface area contributed by atoms with Crippen LogP contribution in [0.15, 0.2) is 24.3 Å². The summed E-state index contributed by atoms with van der Waals surface area (Å²) in [7, 11) is 0. The van der Waals surface area contributed by atoms with E-state index in [1.807, 2.05) is 0 Å². The van der Waals surface area contributed by atoms with E-state index in [1.165, 1.54) is 19.1 Å². The fourth-order valence-corrected chi connectivity index (χ4v) is 2.81. The second-order valence-corrected chi connectivity index (χ2v) is 5.57. The number of hydrogen-bond donors (Lipinski definition) is 2. The minimum Gasteiger partial charge on any atom is -0.350 e. The Bertz CT molecular complexity index is 496. The van der Waals surface area contributed by atoms with Crippen LogP contribution in [0.4, 0.5) is 4.39 Å². The minimum absolute atomic E-state index is 0.165. The zero-order valence-corrected chi connectivity index (χ0v) is 12.2. The third kappa shape index (κ3) is 4.55. The Kier molecular flexibility index (Phi) is 5.31. The molecule has 0 spiro atoms. The molecule has 21 heavy (non-hydrogen) atoms. The van der Waals surface area contributed by atoms with E-state index < -0.39 is 6.04 Å². The van der Waals surface area contributed by atoms with E-state index in [2.05, 4.69) is 10.6 Å². The standard InChI is InChI=1S/C16H21FN2O2/c1-11(20)19-15(13-4-2-3-5-13)16(21)18-10-12-6-8-14(17)9-7-12/h6-9,13,15H,2-5,10H2,1H3,(H,18,21)(H,19,20). The molecular formula is C16H21FN2O2. The topological polar surface area (TPSA) is 58.2 Å². The van der Waals surface area contributed by atoms with Gasteiger partial charge in [0.05, 0.1) is 0 Å². The number of halogens is 1. The van der Waals surface area contributed by atoms with E-state index in [1.54, 1.807) is 12.1 Å². The van der Waals surface area contributed by atoms with Gasteiger partial charge in [0.2, 0.25) is 11.8 Å². The van der Waals surface area contributed by atoms with Crippen LogP contribution in [-0.2, 0) is 16.1 Å². The zero-order valence-electron chi connectivity index (χ0n) is 12.2. The molecule has 114 valence electrons. The van der Waals surface area contributed by atoms with E-state index in [0.717, 1.165) is 31.2 Å². The molecule has 0 aliphatic heterocycles. The molecule has 5 heteroatoms. The van der Waals surface area contributed by atoms with E-state index in [4.69, 9.17) is 0 Å². The highest BCUT2D eigenvalue weighted by molar-refractivity contribution is 5.87. The van der Waals surface area contributed by atoms with E-state index in [9.17, 15) is 14.0 Å². The molecule has 1 aliphatic carbocycles. The Morgan fingerprint density at radius 2 is 1.86 bits per heavy atom. The highest BCUT2D eigenvalue weighted by Gasteiger charge is 2.31. The van der Waals surface area contributed by atoms with E-state index >= 15 is 0 Å². The van der Waals surface area contributed by atoms with Crippen molar-refractivity contribution in [3.05, 3.63) is 35.6 Å². The Morgan fingerprint density at radius 1 is 1.24 bits per heavy atom. The van der Waals surface area contributed by atoms with Crippen molar-refractivity contribution in [3.63, 3.8) is 0 Å². The smallest absolute Gasteiger partial charge is 0.243 e. The first-order chi connectivity index (χ1) is 10.1. The number of carbonyl (C=O) groups excluding carboxylic acids is 2. The average molecular weight is 292 g/mol. The first-order valence-corrected chi connectivity index (χ1v) is 7.35. The molecule has 2 amide bonds. The molecule has 1 fully saturated rings. The van der Waals surface area contributed by atoms with Gasteiger partial charge in [0.25, 0.3) is 0 Å². The van der Waals surface area contributed by atoms with Crippen LogP contribution in [0.2, 0.25) is 0 Å². The van der Waals surface area contributed by atoms with Crippen LogP contribution in [0.5, 0.6) is 0 Å². The molecule has 0 bridgehead atoms. The van der Waals surface area contributed by atoms with E-state index in [0.29, 0.717) is 6.54 Å². The van der Waals surface area contributed by atoms with Gasteiger partial charge in [-0.15, -0.1) is 0 Å². The lowest BCUT2D eigenvalue weighted by atomic mass is 9.97. The molecule has 1 aromatic rings. The summed E-state index contributed by atoms with van der Waals surface area (Å²) in [5.41, 5.74) is 0.831. The van der Waals surface area contributed by atoms with Gasteiger partial charge in [0.1, 0.15) is 11.9 Å². The van der Waals surface area contributed by atoms with Crippen molar-refractivity contribution in [2.75, 3.05) is 0 Å². The molecule has 1 unspecified atom stereocenters. The van der Waals surface area contributed by atoms with Crippen LogP contribution in [0.3, 0.4) is 0 Å². The molecule has 0 heterocycles. The van der Waals surface area contributed by atoms with Crippen molar-refractivity contribution in [1.82, 2.24) is 10.6 Å². The normalized spacial score (nSPS) is 16.5. The molecule has 1 aliphatic rings. The zero-order chi connectivity index (χ0) is 15.2. The first-order valence-electron chi connectivity index (χ1n) is 7.35. The maximum absolute atomic E-state index is 12.8. The number of hydrogen-bond acceptors (Lipinski definition) is 2. The number of benzene rings is 1. The summed E-state index contributed by atoms with van der Waals surface area (Å²) >= 11 is 0. The highest BCUT2D eigenvalue weighted by atomic mass is 19.1. The molecule has 1 saturated carbocycles. The second-order valence-electron chi connectivity index (χ2n) is 5.57. The van der Waals surface area contributed by atoms with Gasteiger partial charge >= 0.3 is 0 Å². The summed E-state index contributed by atoms with van der Waals surface area (Å²) in [5.74, 6) is -0.445. The highest BCUT2D eigenvalue weighted by Crippen LogP contribution is 2.27. The SMILES string of the molecule is CC(=O)NC(C(=O)NCc1ccc(F)cc1)C1CCCC1. The van der Waals surface area contributed by atoms with Gasteiger partial charge in [0.15, 0.2) is 0 Å².